The highest BCUT2D eigenvalue weighted by Gasteiger charge is 2.29. The zero-order chi connectivity index (χ0) is 44.1. The van der Waals surface area contributed by atoms with Crippen LogP contribution in [0.4, 0.5) is 10.1 Å². The van der Waals surface area contributed by atoms with Gasteiger partial charge in [0.05, 0.1) is 58.0 Å². The van der Waals surface area contributed by atoms with Crippen molar-refractivity contribution in [2.24, 2.45) is 11.8 Å². The Morgan fingerprint density at radius 2 is 1.42 bits per heavy atom. The number of aromatic nitrogens is 3. The summed E-state index contributed by atoms with van der Waals surface area (Å²) in [5, 5.41) is 9.54. The number of hydrogen-bond acceptors (Lipinski definition) is 11. The van der Waals surface area contributed by atoms with Gasteiger partial charge in [0.25, 0.3) is 0 Å². The average molecular weight is 899 g/mol. The topological polar surface area (TPSA) is 109 Å². The maximum atomic E-state index is 13.6. The molecule has 5 aromatic rings. The molecule has 2 aromatic heterocycles. The molecule has 0 unspecified atom stereocenters. The van der Waals surface area contributed by atoms with Crippen molar-refractivity contribution >= 4 is 28.7 Å². The third kappa shape index (κ3) is 12.3. The number of carbonyl (C=O) groups excluding carboxylic acids is 1. The van der Waals surface area contributed by atoms with Gasteiger partial charge in [0.15, 0.2) is 22.9 Å². The van der Waals surface area contributed by atoms with Gasteiger partial charge < -0.3 is 38.2 Å². The molecular weight excluding hydrogens is 837 g/mol. The van der Waals surface area contributed by atoms with E-state index in [1.807, 2.05) is 42.5 Å². The summed E-state index contributed by atoms with van der Waals surface area (Å²) < 4.78 is 49.9. The normalized spacial score (nSPS) is 16.4. The molecule has 0 radical (unpaired) electrons. The number of halogens is 2. The highest BCUT2D eigenvalue weighted by atomic mass is 35.5. The number of methoxy groups -OCH3 is 1. The Bertz CT molecular complexity index is 2240. The van der Waals surface area contributed by atoms with E-state index in [0.29, 0.717) is 80.9 Å². The Labute approximate surface area is 380 Å². The number of anilines is 1. The van der Waals surface area contributed by atoms with E-state index in [0.717, 1.165) is 106 Å². The van der Waals surface area contributed by atoms with E-state index < -0.39 is 0 Å². The van der Waals surface area contributed by atoms with Crippen molar-refractivity contribution in [1.29, 1.82) is 0 Å². The van der Waals surface area contributed by atoms with Crippen LogP contribution in [0.5, 0.6) is 17.2 Å². The molecule has 342 valence electrons. The number of benzene rings is 3. The third-order valence-corrected chi connectivity index (χ3v) is 13.0. The lowest BCUT2D eigenvalue weighted by Crippen LogP contribution is -2.37. The maximum Gasteiger partial charge on any atom is 0.181 e. The van der Waals surface area contributed by atoms with Gasteiger partial charge in [-0.1, -0.05) is 41.9 Å². The first kappa shape index (κ1) is 45.8. The van der Waals surface area contributed by atoms with Crippen LogP contribution >= 0.6 is 11.6 Å². The summed E-state index contributed by atoms with van der Waals surface area (Å²) in [6.45, 7) is 7.87. The van der Waals surface area contributed by atoms with Crippen molar-refractivity contribution in [3.8, 4) is 17.2 Å². The van der Waals surface area contributed by atoms with E-state index in [9.17, 15) is 9.18 Å². The molecule has 3 aromatic carbocycles. The predicted octanol–water partition coefficient (Wildman–Crippen LogP) is 8.51. The lowest BCUT2D eigenvalue weighted by molar-refractivity contribution is 0.00488. The molecule has 0 bridgehead atoms. The van der Waals surface area contributed by atoms with E-state index >= 15 is 0 Å². The summed E-state index contributed by atoms with van der Waals surface area (Å²) in [7, 11) is 1.57. The standard InChI is InChI=1S/C50H61ClFN5O7/c1-59-49-43(48(58)40-16-22-55(23-17-40)21-15-36-7-11-41(52)12-8-36)3-2-4-45(49)64-34-32-62-30-28-60-27-29-61-31-33-63-42-13-9-38(10-14-42)39-18-24-56(25-19-39)44-20-26-57-46(35-37-5-6-37)53-54-50(57)47(44)51/h2-4,7-14,20,26,37,39-40H,5-6,15-19,21-25,27-35H2,1H3. The smallest absolute Gasteiger partial charge is 0.181 e. The first-order valence-corrected chi connectivity index (χ1v) is 23.3. The number of carbonyl (C=O) groups is 1. The second-order valence-electron chi connectivity index (χ2n) is 17.0. The molecule has 2 saturated heterocycles. The molecule has 4 heterocycles. The number of nitrogens with zero attached hydrogens (tertiary/aromatic N) is 5. The van der Waals surface area contributed by atoms with Gasteiger partial charge in [0.1, 0.15) is 35.6 Å². The van der Waals surface area contributed by atoms with Crippen molar-refractivity contribution in [3.63, 3.8) is 0 Å². The minimum absolute atomic E-state index is 0.0706. The number of para-hydroxylation sites is 1. The van der Waals surface area contributed by atoms with Crippen LogP contribution in [-0.4, -0.2) is 118 Å². The largest absolute Gasteiger partial charge is 0.492 e. The molecule has 3 aliphatic rings. The van der Waals surface area contributed by atoms with Gasteiger partial charge in [-0.05, 0) is 123 Å². The van der Waals surface area contributed by atoms with Crippen molar-refractivity contribution in [1.82, 2.24) is 19.5 Å². The molecule has 64 heavy (non-hydrogen) atoms. The Kier molecular flexibility index (Phi) is 16.4. The summed E-state index contributed by atoms with van der Waals surface area (Å²) in [4.78, 5) is 18.3. The van der Waals surface area contributed by atoms with Gasteiger partial charge >= 0.3 is 0 Å². The summed E-state index contributed by atoms with van der Waals surface area (Å²) in [6, 6.07) is 22.7. The van der Waals surface area contributed by atoms with Gasteiger partial charge in [-0.2, -0.15) is 0 Å². The molecule has 12 nitrogen and oxygen atoms in total. The molecule has 3 fully saturated rings. The van der Waals surface area contributed by atoms with Gasteiger partial charge in [0, 0.05) is 38.2 Å². The van der Waals surface area contributed by atoms with Crippen LogP contribution in [-0.2, 0) is 27.1 Å². The van der Waals surface area contributed by atoms with Gasteiger partial charge in [-0.25, -0.2) is 4.39 Å². The van der Waals surface area contributed by atoms with E-state index in [1.165, 1.54) is 30.5 Å². The van der Waals surface area contributed by atoms with Crippen LogP contribution in [0.25, 0.3) is 5.65 Å². The fourth-order valence-corrected chi connectivity index (χ4v) is 9.11. The van der Waals surface area contributed by atoms with Crippen molar-refractivity contribution < 1.29 is 37.6 Å². The first-order valence-electron chi connectivity index (χ1n) is 23.0. The highest BCUT2D eigenvalue weighted by molar-refractivity contribution is 6.36. The molecule has 0 N–H and O–H groups in total. The monoisotopic (exact) mass is 897 g/mol. The molecule has 14 heteroatoms. The van der Waals surface area contributed by atoms with E-state index in [-0.39, 0.29) is 17.5 Å². The van der Waals surface area contributed by atoms with E-state index in [4.69, 9.17) is 40.0 Å². The number of hydrogen-bond donors (Lipinski definition) is 0. The van der Waals surface area contributed by atoms with Gasteiger partial charge in [-0.15, -0.1) is 10.2 Å². The molecule has 1 saturated carbocycles. The van der Waals surface area contributed by atoms with E-state index in [2.05, 4.69) is 48.8 Å². The van der Waals surface area contributed by atoms with Crippen LogP contribution in [0.15, 0.2) is 79.0 Å². The molecular formula is C50H61ClFN5O7. The molecule has 1 aliphatic carbocycles. The Hall–Kier alpha value is -4.79. The van der Waals surface area contributed by atoms with Gasteiger partial charge in [0.2, 0.25) is 0 Å². The highest BCUT2D eigenvalue weighted by Crippen LogP contribution is 2.38. The summed E-state index contributed by atoms with van der Waals surface area (Å²) in [5.41, 5.74) is 4.79. The number of fused-ring (bicyclic) bond motifs is 1. The van der Waals surface area contributed by atoms with Crippen LogP contribution in [0, 0.1) is 17.7 Å². The number of likely N-dealkylation sites (tertiary alicyclic amines) is 1. The fraction of sp³-hybridized carbons (Fsp3) is 0.500. The third-order valence-electron chi connectivity index (χ3n) is 12.7. The molecule has 0 amide bonds. The van der Waals surface area contributed by atoms with Crippen LogP contribution in [0.3, 0.4) is 0 Å². The number of rotatable bonds is 24. The number of ketones is 1. The molecule has 8 rings (SSSR count). The first-order chi connectivity index (χ1) is 31.4. The summed E-state index contributed by atoms with van der Waals surface area (Å²) in [5.74, 6) is 3.86. The second-order valence-corrected chi connectivity index (χ2v) is 17.4. The van der Waals surface area contributed by atoms with Crippen molar-refractivity contribution in [2.75, 3.05) is 97.6 Å². The number of Topliss-reactive ketones (excluding diaryl/α,β-unsaturated/α-hetero) is 1. The predicted molar refractivity (Wildman–Crippen MR) is 245 cm³/mol. The fourth-order valence-electron chi connectivity index (χ4n) is 8.80. The van der Waals surface area contributed by atoms with Crippen molar-refractivity contribution in [2.45, 2.75) is 57.3 Å². The lowest BCUT2D eigenvalue weighted by atomic mass is 9.88. The van der Waals surface area contributed by atoms with Crippen LogP contribution in [0.1, 0.15) is 71.8 Å². The molecule has 0 spiro atoms. The summed E-state index contributed by atoms with van der Waals surface area (Å²) in [6.07, 6.45) is 10.2. The second kappa shape index (κ2) is 22.9. The van der Waals surface area contributed by atoms with Gasteiger partial charge in [-0.3, -0.25) is 9.20 Å². The summed E-state index contributed by atoms with van der Waals surface area (Å²) >= 11 is 6.87. The molecule has 0 atom stereocenters. The zero-order valence-corrected chi connectivity index (χ0v) is 37.7. The van der Waals surface area contributed by atoms with Crippen molar-refractivity contribution in [3.05, 3.63) is 112 Å². The quantitative estimate of drug-likeness (QED) is 0.0440. The lowest BCUT2D eigenvalue weighted by Gasteiger charge is -2.34. The number of pyridine rings is 1. The SMILES string of the molecule is COc1c(OCCOCCOCCOCCOc2ccc(C3CCN(c4ccn5c(CC6CC6)nnc5c4Cl)CC3)cc2)cccc1C(=O)C1CCN(CCc2ccc(F)cc2)CC1. The Morgan fingerprint density at radius 1 is 0.750 bits per heavy atom. The Balaban J connectivity index is 0.643. The number of piperidine rings is 2. The number of ether oxygens (including phenoxy) is 6. The minimum atomic E-state index is -0.218. The van der Waals surface area contributed by atoms with E-state index in [1.54, 1.807) is 7.11 Å². The average Bonchev–Trinajstić information content (AvgIpc) is 4.07. The Morgan fingerprint density at radius 3 is 2.09 bits per heavy atom. The van der Waals surface area contributed by atoms with Crippen LogP contribution < -0.4 is 19.1 Å². The minimum Gasteiger partial charge on any atom is -0.492 e. The van der Waals surface area contributed by atoms with Crippen LogP contribution in [0.2, 0.25) is 5.02 Å². The zero-order valence-electron chi connectivity index (χ0n) is 36.9. The molecule has 2 aliphatic heterocycles. The maximum absolute atomic E-state index is 13.6.